The van der Waals surface area contributed by atoms with Crippen molar-refractivity contribution in [1.29, 1.82) is 0 Å². The zero-order valence-corrected chi connectivity index (χ0v) is 16.2. The van der Waals surface area contributed by atoms with Crippen molar-refractivity contribution in [2.45, 2.75) is 6.54 Å². The number of rotatable bonds is 7. The summed E-state index contributed by atoms with van der Waals surface area (Å²) in [5.41, 5.74) is 0.580. The van der Waals surface area contributed by atoms with Crippen LogP contribution in [0, 0.1) is 0 Å². The standard InChI is InChI=1S/C20H17ClN2O6/c1-3-8-28-16-6-4-13(21)9-12(16)10-15-18(24)23(20(26)22-15)11-14-5-7-17(29-14)19(25)27-2/h3-7,9-10H,1,8,11H2,2H3,(H,22,26). The lowest BCUT2D eigenvalue weighted by Crippen LogP contribution is -2.30. The zero-order valence-electron chi connectivity index (χ0n) is 15.4. The Kier molecular flexibility index (Phi) is 6.04. The van der Waals surface area contributed by atoms with Gasteiger partial charge >= 0.3 is 12.0 Å². The fourth-order valence-corrected chi connectivity index (χ4v) is 2.79. The fraction of sp³-hybridized carbons (Fsp3) is 0.150. The molecule has 3 rings (SSSR count). The molecule has 1 aromatic heterocycles. The zero-order chi connectivity index (χ0) is 21.0. The Bertz CT molecular complexity index is 1010. The van der Waals surface area contributed by atoms with E-state index < -0.39 is 17.9 Å². The molecule has 0 bridgehead atoms. The molecule has 1 aromatic carbocycles. The molecule has 1 aliphatic heterocycles. The average Bonchev–Trinajstić information content (AvgIpc) is 3.27. The van der Waals surface area contributed by atoms with E-state index in [0.29, 0.717) is 16.3 Å². The monoisotopic (exact) mass is 416 g/mol. The third-order valence-electron chi connectivity index (χ3n) is 3.95. The van der Waals surface area contributed by atoms with Crippen LogP contribution in [-0.4, -0.2) is 36.5 Å². The third-order valence-corrected chi connectivity index (χ3v) is 4.19. The molecule has 2 aromatic rings. The first-order valence-electron chi connectivity index (χ1n) is 8.47. The Morgan fingerprint density at radius 2 is 2.10 bits per heavy atom. The van der Waals surface area contributed by atoms with E-state index in [9.17, 15) is 14.4 Å². The van der Waals surface area contributed by atoms with Gasteiger partial charge in [0.25, 0.3) is 5.91 Å². The Labute approximate surface area is 171 Å². The number of urea groups is 1. The molecule has 0 saturated carbocycles. The van der Waals surface area contributed by atoms with Crippen LogP contribution in [0.3, 0.4) is 0 Å². The molecule has 0 radical (unpaired) electrons. The minimum Gasteiger partial charge on any atom is -0.489 e. The predicted octanol–water partition coefficient (Wildman–Crippen LogP) is 3.38. The Balaban J connectivity index is 1.82. The maximum absolute atomic E-state index is 12.7. The van der Waals surface area contributed by atoms with Gasteiger partial charge in [0.15, 0.2) is 0 Å². The smallest absolute Gasteiger partial charge is 0.373 e. The Morgan fingerprint density at radius 1 is 1.31 bits per heavy atom. The number of nitrogens with one attached hydrogen (secondary N) is 1. The summed E-state index contributed by atoms with van der Waals surface area (Å²) < 4.78 is 15.4. The van der Waals surface area contributed by atoms with Crippen molar-refractivity contribution in [2.75, 3.05) is 13.7 Å². The van der Waals surface area contributed by atoms with Crippen molar-refractivity contribution in [3.8, 4) is 5.75 Å². The second kappa shape index (κ2) is 8.66. The number of methoxy groups -OCH3 is 1. The maximum Gasteiger partial charge on any atom is 0.373 e. The van der Waals surface area contributed by atoms with Gasteiger partial charge in [0.1, 0.15) is 23.8 Å². The number of esters is 1. The molecule has 1 fully saturated rings. The van der Waals surface area contributed by atoms with Crippen LogP contribution < -0.4 is 10.1 Å². The quantitative estimate of drug-likeness (QED) is 0.321. The van der Waals surface area contributed by atoms with Gasteiger partial charge in [-0.2, -0.15) is 0 Å². The van der Waals surface area contributed by atoms with Crippen LogP contribution in [0.25, 0.3) is 6.08 Å². The molecule has 150 valence electrons. The first kappa shape index (κ1) is 20.2. The number of hydrogen-bond acceptors (Lipinski definition) is 6. The van der Waals surface area contributed by atoms with Gasteiger partial charge in [-0.05, 0) is 36.4 Å². The van der Waals surface area contributed by atoms with E-state index in [-0.39, 0.29) is 30.4 Å². The van der Waals surface area contributed by atoms with Gasteiger partial charge in [0.2, 0.25) is 5.76 Å². The second-order valence-corrected chi connectivity index (χ2v) is 6.36. The van der Waals surface area contributed by atoms with Gasteiger partial charge in [0.05, 0.1) is 13.7 Å². The number of furan rings is 1. The Hall–Kier alpha value is -3.52. The number of carbonyl (C=O) groups excluding carboxylic acids is 3. The number of benzene rings is 1. The molecule has 9 heteroatoms. The van der Waals surface area contributed by atoms with Crippen molar-refractivity contribution in [1.82, 2.24) is 10.2 Å². The topological polar surface area (TPSA) is 98.1 Å². The van der Waals surface area contributed by atoms with E-state index in [1.54, 1.807) is 24.3 Å². The summed E-state index contributed by atoms with van der Waals surface area (Å²) in [5.74, 6) is -0.486. The van der Waals surface area contributed by atoms with E-state index in [2.05, 4.69) is 16.6 Å². The molecular formula is C20H17ClN2O6. The van der Waals surface area contributed by atoms with Crippen molar-refractivity contribution in [3.05, 3.63) is 70.8 Å². The minimum atomic E-state index is -0.651. The lowest BCUT2D eigenvalue weighted by Gasteiger charge is -2.09. The van der Waals surface area contributed by atoms with Crippen molar-refractivity contribution < 1.29 is 28.3 Å². The molecule has 29 heavy (non-hydrogen) atoms. The van der Waals surface area contributed by atoms with Gasteiger partial charge in [-0.25, -0.2) is 9.59 Å². The molecule has 2 heterocycles. The number of hydrogen-bond donors (Lipinski definition) is 1. The highest BCUT2D eigenvalue weighted by molar-refractivity contribution is 6.30. The third kappa shape index (κ3) is 4.49. The van der Waals surface area contributed by atoms with Gasteiger partial charge in [0, 0.05) is 10.6 Å². The minimum absolute atomic E-state index is 0.0201. The van der Waals surface area contributed by atoms with Crippen LogP contribution in [0.4, 0.5) is 4.79 Å². The lowest BCUT2D eigenvalue weighted by atomic mass is 10.1. The molecule has 0 aliphatic carbocycles. The first-order chi connectivity index (χ1) is 13.9. The van der Waals surface area contributed by atoms with Crippen molar-refractivity contribution in [3.63, 3.8) is 0 Å². The summed E-state index contributed by atoms with van der Waals surface area (Å²) in [7, 11) is 1.22. The highest BCUT2D eigenvalue weighted by Gasteiger charge is 2.34. The number of nitrogens with zero attached hydrogens (tertiary/aromatic N) is 1. The van der Waals surface area contributed by atoms with Gasteiger partial charge < -0.3 is 19.2 Å². The predicted molar refractivity (Wildman–Crippen MR) is 104 cm³/mol. The van der Waals surface area contributed by atoms with Crippen LogP contribution in [0.5, 0.6) is 5.75 Å². The second-order valence-electron chi connectivity index (χ2n) is 5.92. The van der Waals surface area contributed by atoms with Crippen LogP contribution in [0.2, 0.25) is 5.02 Å². The molecule has 0 unspecified atom stereocenters. The van der Waals surface area contributed by atoms with E-state index in [4.69, 9.17) is 20.8 Å². The van der Waals surface area contributed by atoms with Crippen LogP contribution in [0.15, 0.2) is 53.1 Å². The van der Waals surface area contributed by atoms with E-state index in [1.807, 2.05) is 0 Å². The first-order valence-corrected chi connectivity index (χ1v) is 8.85. The van der Waals surface area contributed by atoms with Crippen LogP contribution >= 0.6 is 11.6 Å². The largest absolute Gasteiger partial charge is 0.489 e. The summed E-state index contributed by atoms with van der Waals surface area (Å²) >= 11 is 6.04. The van der Waals surface area contributed by atoms with E-state index in [1.165, 1.54) is 25.3 Å². The van der Waals surface area contributed by atoms with Gasteiger partial charge in [-0.15, -0.1) is 0 Å². The van der Waals surface area contributed by atoms with Crippen LogP contribution in [-0.2, 0) is 16.1 Å². The highest BCUT2D eigenvalue weighted by Crippen LogP contribution is 2.27. The maximum atomic E-state index is 12.7. The summed E-state index contributed by atoms with van der Waals surface area (Å²) in [4.78, 5) is 37.4. The molecule has 1 aliphatic rings. The molecular weight excluding hydrogens is 400 g/mol. The van der Waals surface area contributed by atoms with Gasteiger partial charge in [-0.3, -0.25) is 9.69 Å². The fourth-order valence-electron chi connectivity index (χ4n) is 2.61. The van der Waals surface area contributed by atoms with Gasteiger partial charge in [-0.1, -0.05) is 24.3 Å². The summed E-state index contributed by atoms with van der Waals surface area (Å²) in [5, 5.41) is 2.96. The normalized spacial score (nSPS) is 14.8. The number of imide groups is 1. The summed E-state index contributed by atoms with van der Waals surface area (Å²) in [6.45, 7) is 3.72. The van der Waals surface area contributed by atoms with Crippen molar-refractivity contribution >= 4 is 35.6 Å². The number of ether oxygens (including phenoxy) is 2. The summed E-state index contributed by atoms with van der Waals surface area (Å²) in [6.07, 6.45) is 3.06. The highest BCUT2D eigenvalue weighted by atomic mass is 35.5. The number of amides is 3. The van der Waals surface area contributed by atoms with E-state index >= 15 is 0 Å². The molecule has 3 amide bonds. The van der Waals surface area contributed by atoms with Crippen LogP contribution in [0.1, 0.15) is 21.9 Å². The Morgan fingerprint density at radius 3 is 2.83 bits per heavy atom. The molecule has 1 saturated heterocycles. The number of carbonyl (C=O) groups is 3. The molecule has 0 spiro atoms. The molecule has 0 atom stereocenters. The SMILES string of the molecule is C=CCOc1ccc(Cl)cc1C=C1NC(=O)N(Cc2ccc(C(=O)OC)o2)C1=O. The molecule has 1 N–H and O–H groups in total. The lowest BCUT2D eigenvalue weighted by molar-refractivity contribution is -0.123. The number of halogens is 1. The summed E-state index contributed by atoms with van der Waals surface area (Å²) in [6, 6.07) is 7.21. The average molecular weight is 417 g/mol. The van der Waals surface area contributed by atoms with Crippen molar-refractivity contribution in [2.24, 2.45) is 0 Å². The molecule has 8 nitrogen and oxygen atoms in total. The van der Waals surface area contributed by atoms with E-state index in [0.717, 1.165) is 4.90 Å².